The van der Waals surface area contributed by atoms with Crippen LogP contribution in [0, 0.1) is 0 Å². The Morgan fingerprint density at radius 1 is 1.57 bits per heavy atom. The van der Waals surface area contributed by atoms with E-state index >= 15 is 0 Å². The minimum atomic E-state index is 0.262. The van der Waals surface area contributed by atoms with Gasteiger partial charge in [-0.2, -0.15) is 0 Å². The Morgan fingerprint density at radius 3 is 3.07 bits per heavy atom. The lowest BCUT2D eigenvalue weighted by Crippen LogP contribution is -2.04. The second-order valence-corrected chi connectivity index (χ2v) is 6.02. The van der Waals surface area contributed by atoms with Crippen molar-refractivity contribution < 1.29 is 0 Å². The predicted octanol–water partition coefficient (Wildman–Crippen LogP) is 4.77. The van der Waals surface area contributed by atoms with Gasteiger partial charge < -0.3 is 0 Å². The molecule has 1 aromatic rings. The van der Waals surface area contributed by atoms with Gasteiger partial charge in [0.2, 0.25) is 0 Å². The number of hydrogen-bond acceptors (Lipinski definition) is 1. The van der Waals surface area contributed by atoms with Crippen LogP contribution in [-0.2, 0) is 6.42 Å². The first kappa shape index (κ1) is 10.7. The molecule has 14 heavy (non-hydrogen) atoms. The van der Waals surface area contributed by atoms with E-state index in [9.17, 15) is 0 Å². The number of halogens is 2. The van der Waals surface area contributed by atoms with Gasteiger partial charge in [0.05, 0.1) is 5.38 Å². The number of rotatable bonds is 2. The third-order valence-corrected chi connectivity index (χ3v) is 4.74. The van der Waals surface area contributed by atoms with Crippen LogP contribution in [0.15, 0.2) is 27.6 Å². The summed E-state index contributed by atoms with van der Waals surface area (Å²) in [6.07, 6.45) is 6.89. The van der Waals surface area contributed by atoms with E-state index in [1.54, 1.807) is 0 Å². The monoisotopic (exact) mass is 290 g/mol. The molecule has 1 aliphatic carbocycles. The molecule has 0 saturated carbocycles. The van der Waals surface area contributed by atoms with E-state index in [2.05, 4.69) is 33.5 Å². The Balaban J connectivity index is 2.07. The summed E-state index contributed by atoms with van der Waals surface area (Å²) < 4.78 is 1.24. The maximum Gasteiger partial charge on any atom is 0.0518 e. The lowest BCUT2D eigenvalue weighted by Gasteiger charge is -2.15. The maximum atomic E-state index is 6.11. The molecule has 1 aromatic heterocycles. The second-order valence-electron chi connectivity index (χ2n) is 3.60. The zero-order valence-electron chi connectivity index (χ0n) is 7.80. The van der Waals surface area contributed by atoms with Crippen molar-refractivity contribution in [3.8, 4) is 0 Å². The molecule has 3 heteroatoms. The Hall–Kier alpha value is 0.210. The SMILES string of the molecule is ClC1C=C(Cc2sccc2Br)CCC1. The molecule has 0 bridgehead atoms. The van der Waals surface area contributed by atoms with Crippen LogP contribution >= 0.6 is 38.9 Å². The van der Waals surface area contributed by atoms with E-state index in [1.165, 1.54) is 27.8 Å². The van der Waals surface area contributed by atoms with Crippen molar-refractivity contribution in [3.05, 3.63) is 32.4 Å². The Labute approximate surface area is 102 Å². The van der Waals surface area contributed by atoms with E-state index in [0.29, 0.717) is 0 Å². The molecule has 0 fully saturated rings. The quantitative estimate of drug-likeness (QED) is 0.544. The third-order valence-electron chi connectivity index (χ3n) is 2.47. The van der Waals surface area contributed by atoms with Crippen molar-refractivity contribution >= 4 is 38.9 Å². The first-order valence-electron chi connectivity index (χ1n) is 4.81. The molecular formula is C11H12BrClS. The number of allylic oxidation sites excluding steroid dienone is 2. The lowest BCUT2D eigenvalue weighted by atomic mass is 9.96. The predicted molar refractivity (Wildman–Crippen MR) is 67.3 cm³/mol. The average molecular weight is 292 g/mol. The zero-order chi connectivity index (χ0) is 9.97. The van der Waals surface area contributed by atoms with Crippen molar-refractivity contribution in [1.82, 2.24) is 0 Å². The summed E-state index contributed by atoms with van der Waals surface area (Å²) in [4.78, 5) is 1.42. The molecule has 0 radical (unpaired) electrons. The van der Waals surface area contributed by atoms with Crippen LogP contribution in [0.1, 0.15) is 24.1 Å². The minimum absolute atomic E-state index is 0.262. The van der Waals surface area contributed by atoms with Gasteiger partial charge in [0, 0.05) is 15.8 Å². The lowest BCUT2D eigenvalue weighted by molar-refractivity contribution is 0.694. The second kappa shape index (κ2) is 4.82. The number of hydrogen-bond donors (Lipinski definition) is 0. The van der Waals surface area contributed by atoms with Gasteiger partial charge in [0.15, 0.2) is 0 Å². The van der Waals surface area contributed by atoms with Crippen molar-refractivity contribution in [2.75, 3.05) is 0 Å². The normalized spacial score (nSPS) is 22.1. The van der Waals surface area contributed by atoms with Gasteiger partial charge in [0.1, 0.15) is 0 Å². The van der Waals surface area contributed by atoms with Gasteiger partial charge in [-0.25, -0.2) is 0 Å². The molecule has 0 saturated heterocycles. The third kappa shape index (κ3) is 2.62. The molecule has 1 unspecified atom stereocenters. The van der Waals surface area contributed by atoms with Crippen molar-refractivity contribution in [2.24, 2.45) is 0 Å². The van der Waals surface area contributed by atoms with Gasteiger partial charge in [-0.15, -0.1) is 22.9 Å². The number of thiophene rings is 1. The highest BCUT2D eigenvalue weighted by Gasteiger charge is 2.12. The molecule has 76 valence electrons. The van der Waals surface area contributed by atoms with E-state index < -0.39 is 0 Å². The van der Waals surface area contributed by atoms with Crippen molar-refractivity contribution in [3.63, 3.8) is 0 Å². The van der Waals surface area contributed by atoms with Crippen LogP contribution in [-0.4, -0.2) is 5.38 Å². The topological polar surface area (TPSA) is 0 Å². The highest BCUT2D eigenvalue weighted by Crippen LogP contribution is 2.29. The van der Waals surface area contributed by atoms with Crippen molar-refractivity contribution in [1.29, 1.82) is 0 Å². The molecule has 0 amide bonds. The smallest absolute Gasteiger partial charge is 0.0518 e. The highest BCUT2D eigenvalue weighted by molar-refractivity contribution is 9.10. The minimum Gasteiger partial charge on any atom is -0.147 e. The zero-order valence-corrected chi connectivity index (χ0v) is 11.0. The molecule has 0 aromatic carbocycles. The van der Waals surface area contributed by atoms with E-state index in [1.807, 2.05) is 11.3 Å². The van der Waals surface area contributed by atoms with Crippen LogP contribution in [0.4, 0.5) is 0 Å². The van der Waals surface area contributed by atoms with Crippen LogP contribution < -0.4 is 0 Å². The summed E-state index contributed by atoms with van der Waals surface area (Å²) in [6.45, 7) is 0. The summed E-state index contributed by atoms with van der Waals surface area (Å²) in [5, 5.41) is 2.39. The molecule has 1 atom stereocenters. The van der Waals surface area contributed by atoms with E-state index in [-0.39, 0.29) is 5.38 Å². The van der Waals surface area contributed by atoms with Crippen LogP contribution in [0.25, 0.3) is 0 Å². The summed E-state index contributed by atoms with van der Waals surface area (Å²) >= 11 is 11.5. The fourth-order valence-corrected chi connectivity index (χ4v) is 3.63. The largest absolute Gasteiger partial charge is 0.147 e. The maximum absolute atomic E-state index is 6.11. The van der Waals surface area contributed by atoms with Crippen molar-refractivity contribution in [2.45, 2.75) is 31.1 Å². The molecule has 2 rings (SSSR count). The fraction of sp³-hybridized carbons (Fsp3) is 0.455. The van der Waals surface area contributed by atoms with Gasteiger partial charge in [-0.05, 0) is 46.6 Å². The first-order chi connectivity index (χ1) is 6.75. The molecule has 1 aliphatic rings. The molecule has 0 N–H and O–H groups in total. The van der Waals surface area contributed by atoms with Crippen LogP contribution in [0.5, 0.6) is 0 Å². The Morgan fingerprint density at radius 2 is 2.43 bits per heavy atom. The summed E-state index contributed by atoms with van der Waals surface area (Å²) in [7, 11) is 0. The van der Waals surface area contributed by atoms with Crippen LogP contribution in [0.3, 0.4) is 0 Å². The van der Waals surface area contributed by atoms with E-state index in [0.717, 1.165) is 12.8 Å². The molecule has 0 aliphatic heterocycles. The summed E-state index contributed by atoms with van der Waals surface area (Å²) in [5.41, 5.74) is 1.50. The summed E-state index contributed by atoms with van der Waals surface area (Å²) in [6, 6.07) is 2.11. The van der Waals surface area contributed by atoms with Gasteiger partial charge in [0.25, 0.3) is 0 Å². The first-order valence-corrected chi connectivity index (χ1v) is 6.92. The number of alkyl halides is 1. The Kier molecular flexibility index (Phi) is 3.69. The summed E-state index contributed by atoms with van der Waals surface area (Å²) in [5.74, 6) is 0. The van der Waals surface area contributed by atoms with Gasteiger partial charge in [-0.1, -0.05) is 11.6 Å². The molecule has 0 spiro atoms. The standard InChI is InChI=1S/C11H12BrClS/c12-10-4-5-14-11(10)7-8-2-1-3-9(13)6-8/h4-6,9H,1-3,7H2. The van der Waals surface area contributed by atoms with Gasteiger partial charge in [-0.3, -0.25) is 0 Å². The highest BCUT2D eigenvalue weighted by atomic mass is 79.9. The molecule has 1 heterocycles. The fourth-order valence-electron chi connectivity index (χ4n) is 1.75. The molecule has 0 nitrogen and oxygen atoms in total. The molecular weight excluding hydrogens is 280 g/mol. The average Bonchev–Trinajstić information content (AvgIpc) is 2.52. The van der Waals surface area contributed by atoms with Crippen LogP contribution in [0.2, 0.25) is 0 Å². The van der Waals surface area contributed by atoms with E-state index in [4.69, 9.17) is 11.6 Å². The van der Waals surface area contributed by atoms with Gasteiger partial charge >= 0.3 is 0 Å². The Bertz CT molecular complexity index is 343.